The van der Waals surface area contributed by atoms with Gasteiger partial charge in [0.1, 0.15) is 12.4 Å². The minimum Gasteiger partial charge on any atom is -0.377 e. The molecule has 0 radical (unpaired) electrons. The van der Waals surface area contributed by atoms with Crippen LogP contribution in [0.3, 0.4) is 0 Å². The van der Waals surface area contributed by atoms with Gasteiger partial charge in [-0.15, -0.1) is 0 Å². The number of hydrogen-bond acceptors (Lipinski definition) is 5. The van der Waals surface area contributed by atoms with Crippen molar-refractivity contribution in [3.63, 3.8) is 0 Å². The van der Waals surface area contributed by atoms with Gasteiger partial charge in [-0.2, -0.15) is 5.10 Å². The first-order chi connectivity index (χ1) is 14.6. The summed E-state index contributed by atoms with van der Waals surface area (Å²) in [6.45, 7) is 13.6. The van der Waals surface area contributed by atoms with Gasteiger partial charge in [-0.25, -0.2) is 9.67 Å². The van der Waals surface area contributed by atoms with Gasteiger partial charge in [0.05, 0.1) is 6.54 Å². The standard InChI is InChI=1S/C22H41N7O/c1-5-23-22(24-10-6-7-11-28-13-17(2)12-18(3)14-28)25-19-8-9-21-26-20(16-30-4)27-29(21)15-19/h17-19H,5-16H2,1-4H3,(H2,23,24,25). The van der Waals surface area contributed by atoms with Crippen LogP contribution in [-0.4, -0.2) is 71.5 Å². The SMILES string of the molecule is CCNC(=NCCCCN1CC(C)CC(C)C1)NC1CCc2nc(COC)nn2C1. The van der Waals surface area contributed by atoms with Crippen molar-refractivity contribution in [3.8, 4) is 0 Å². The maximum Gasteiger partial charge on any atom is 0.191 e. The molecule has 3 unspecified atom stereocenters. The van der Waals surface area contributed by atoms with E-state index in [2.05, 4.69) is 46.4 Å². The molecule has 0 aromatic carbocycles. The van der Waals surface area contributed by atoms with Crippen molar-refractivity contribution < 1.29 is 4.74 Å². The largest absolute Gasteiger partial charge is 0.377 e. The van der Waals surface area contributed by atoms with Gasteiger partial charge in [0.25, 0.3) is 0 Å². The number of nitrogens with zero attached hydrogens (tertiary/aromatic N) is 5. The average Bonchev–Trinajstić information content (AvgIpc) is 3.09. The smallest absolute Gasteiger partial charge is 0.191 e. The fourth-order valence-electron chi connectivity index (χ4n) is 4.79. The zero-order valence-corrected chi connectivity index (χ0v) is 19.4. The van der Waals surface area contributed by atoms with Crippen LogP contribution in [0.5, 0.6) is 0 Å². The zero-order chi connectivity index (χ0) is 21.3. The molecule has 0 bridgehead atoms. The second-order valence-electron chi connectivity index (χ2n) is 9.11. The Morgan fingerprint density at radius 3 is 2.73 bits per heavy atom. The van der Waals surface area contributed by atoms with E-state index in [9.17, 15) is 0 Å². The summed E-state index contributed by atoms with van der Waals surface area (Å²) in [5.74, 6) is 4.42. The quantitative estimate of drug-likeness (QED) is 0.362. The van der Waals surface area contributed by atoms with Gasteiger partial charge in [0.15, 0.2) is 11.8 Å². The fourth-order valence-corrected chi connectivity index (χ4v) is 4.79. The molecule has 3 heterocycles. The summed E-state index contributed by atoms with van der Waals surface area (Å²) in [4.78, 5) is 12.0. The molecule has 1 fully saturated rings. The Kier molecular flexibility index (Phi) is 8.93. The number of aliphatic imine (C=N–C) groups is 1. The van der Waals surface area contributed by atoms with Crippen molar-refractivity contribution in [1.82, 2.24) is 30.3 Å². The molecule has 0 spiro atoms. The molecule has 30 heavy (non-hydrogen) atoms. The zero-order valence-electron chi connectivity index (χ0n) is 19.4. The van der Waals surface area contributed by atoms with Gasteiger partial charge in [-0.05, 0) is 51.0 Å². The first kappa shape index (κ1) is 23.0. The number of nitrogens with one attached hydrogen (secondary N) is 2. The van der Waals surface area contributed by atoms with Gasteiger partial charge in [0.2, 0.25) is 0 Å². The number of piperidine rings is 1. The van der Waals surface area contributed by atoms with E-state index in [0.717, 1.165) is 68.3 Å². The molecule has 0 amide bonds. The van der Waals surface area contributed by atoms with Crippen molar-refractivity contribution >= 4 is 5.96 Å². The summed E-state index contributed by atoms with van der Waals surface area (Å²) in [5.41, 5.74) is 0. The lowest BCUT2D eigenvalue weighted by atomic mass is 9.92. The Morgan fingerprint density at radius 2 is 2.00 bits per heavy atom. The third-order valence-corrected chi connectivity index (χ3v) is 5.96. The van der Waals surface area contributed by atoms with Gasteiger partial charge >= 0.3 is 0 Å². The highest BCUT2D eigenvalue weighted by atomic mass is 16.5. The highest BCUT2D eigenvalue weighted by Crippen LogP contribution is 2.21. The minimum atomic E-state index is 0.323. The van der Waals surface area contributed by atoms with Crippen LogP contribution in [-0.2, 0) is 24.3 Å². The molecule has 0 saturated carbocycles. The van der Waals surface area contributed by atoms with Crippen LogP contribution in [0.25, 0.3) is 0 Å². The lowest BCUT2D eigenvalue weighted by Gasteiger charge is -2.34. The number of guanidine groups is 1. The first-order valence-electron chi connectivity index (χ1n) is 11.8. The molecule has 3 atom stereocenters. The topological polar surface area (TPSA) is 79.6 Å². The van der Waals surface area contributed by atoms with E-state index in [0.29, 0.717) is 12.6 Å². The minimum absolute atomic E-state index is 0.323. The third-order valence-electron chi connectivity index (χ3n) is 5.96. The number of likely N-dealkylation sites (tertiary alicyclic amines) is 1. The number of ether oxygens (including phenoxy) is 1. The Bertz CT molecular complexity index is 664. The van der Waals surface area contributed by atoms with Crippen molar-refractivity contribution in [1.29, 1.82) is 0 Å². The van der Waals surface area contributed by atoms with E-state index in [1.807, 2.05) is 4.68 Å². The number of aromatic nitrogens is 3. The lowest BCUT2D eigenvalue weighted by molar-refractivity contribution is 0.139. The normalized spacial score (nSPS) is 25.2. The van der Waals surface area contributed by atoms with Crippen LogP contribution in [0, 0.1) is 11.8 Å². The summed E-state index contributed by atoms with van der Waals surface area (Å²) in [6.07, 6.45) is 5.70. The first-order valence-corrected chi connectivity index (χ1v) is 11.8. The van der Waals surface area contributed by atoms with Crippen LogP contribution in [0.4, 0.5) is 0 Å². The van der Waals surface area contributed by atoms with Crippen molar-refractivity contribution in [2.75, 3.05) is 39.8 Å². The van der Waals surface area contributed by atoms with Crippen molar-refractivity contribution in [2.45, 2.75) is 72.1 Å². The van der Waals surface area contributed by atoms with Crippen molar-refractivity contribution in [3.05, 3.63) is 11.6 Å². The predicted molar refractivity (Wildman–Crippen MR) is 121 cm³/mol. The molecule has 2 aliphatic rings. The molecule has 2 aliphatic heterocycles. The number of unbranched alkanes of at least 4 members (excludes halogenated alkanes) is 1. The summed E-state index contributed by atoms with van der Waals surface area (Å²) < 4.78 is 7.17. The number of fused-ring (bicyclic) bond motifs is 1. The summed E-state index contributed by atoms with van der Waals surface area (Å²) in [7, 11) is 1.68. The second-order valence-corrected chi connectivity index (χ2v) is 9.11. The van der Waals surface area contributed by atoms with E-state index < -0.39 is 0 Å². The Hall–Kier alpha value is -1.67. The summed E-state index contributed by atoms with van der Waals surface area (Å²) in [5, 5.41) is 11.6. The summed E-state index contributed by atoms with van der Waals surface area (Å²) in [6, 6.07) is 0.323. The molecule has 2 N–H and O–H groups in total. The lowest BCUT2D eigenvalue weighted by Crippen LogP contribution is -2.47. The Morgan fingerprint density at radius 1 is 1.20 bits per heavy atom. The third kappa shape index (κ3) is 6.94. The van der Waals surface area contributed by atoms with Crippen LogP contribution >= 0.6 is 0 Å². The van der Waals surface area contributed by atoms with Gasteiger partial charge in [-0.3, -0.25) is 4.99 Å². The van der Waals surface area contributed by atoms with Crippen molar-refractivity contribution in [2.24, 2.45) is 16.8 Å². The van der Waals surface area contributed by atoms with Gasteiger partial charge in [0, 0.05) is 45.8 Å². The van der Waals surface area contributed by atoms with Crippen LogP contribution in [0.1, 0.15) is 58.1 Å². The molecule has 8 nitrogen and oxygen atoms in total. The number of aryl methyl sites for hydroxylation is 1. The van der Waals surface area contributed by atoms with Gasteiger partial charge in [-0.1, -0.05) is 13.8 Å². The Balaban J connectivity index is 1.42. The molecule has 0 aliphatic carbocycles. The number of hydrogen-bond donors (Lipinski definition) is 2. The molecule has 1 aromatic rings. The van der Waals surface area contributed by atoms with E-state index in [4.69, 9.17) is 9.73 Å². The van der Waals surface area contributed by atoms with Gasteiger partial charge < -0.3 is 20.3 Å². The highest BCUT2D eigenvalue weighted by molar-refractivity contribution is 5.80. The summed E-state index contributed by atoms with van der Waals surface area (Å²) >= 11 is 0. The maximum atomic E-state index is 5.16. The Labute approximate surface area is 181 Å². The van der Waals surface area contributed by atoms with E-state index >= 15 is 0 Å². The molecule has 8 heteroatoms. The monoisotopic (exact) mass is 419 g/mol. The molecule has 170 valence electrons. The van der Waals surface area contributed by atoms with E-state index in [1.165, 1.54) is 32.5 Å². The van der Waals surface area contributed by atoms with Crippen LogP contribution in [0.15, 0.2) is 4.99 Å². The number of rotatable bonds is 9. The predicted octanol–water partition coefficient (Wildman–Crippen LogP) is 2.05. The highest BCUT2D eigenvalue weighted by Gasteiger charge is 2.23. The van der Waals surface area contributed by atoms with Crippen LogP contribution in [0.2, 0.25) is 0 Å². The fraction of sp³-hybridized carbons (Fsp3) is 0.864. The van der Waals surface area contributed by atoms with E-state index in [-0.39, 0.29) is 0 Å². The molecule has 3 rings (SSSR count). The van der Waals surface area contributed by atoms with E-state index in [1.54, 1.807) is 7.11 Å². The molecular weight excluding hydrogens is 378 g/mol. The molecule has 1 saturated heterocycles. The molecule has 1 aromatic heterocycles. The number of methoxy groups -OCH3 is 1. The second kappa shape index (κ2) is 11.6. The average molecular weight is 420 g/mol. The van der Waals surface area contributed by atoms with Crippen LogP contribution < -0.4 is 10.6 Å². The molecular formula is C22H41N7O. The maximum absolute atomic E-state index is 5.16.